The molecule has 0 aliphatic carbocycles. The van der Waals surface area contributed by atoms with Crippen LogP contribution in [0.3, 0.4) is 0 Å². The van der Waals surface area contributed by atoms with Gasteiger partial charge in [-0.3, -0.25) is 0 Å². The van der Waals surface area contributed by atoms with E-state index in [1.54, 1.807) is 6.20 Å². The van der Waals surface area contributed by atoms with E-state index in [1.165, 1.54) is 5.56 Å². The fourth-order valence-corrected chi connectivity index (χ4v) is 2.59. The monoisotopic (exact) mass is 307 g/mol. The van der Waals surface area contributed by atoms with Gasteiger partial charge in [0.2, 0.25) is 0 Å². The maximum absolute atomic E-state index is 10.7. The lowest BCUT2D eigenvalue weighted by Crippen LogP contribution is -2.11. The quantitative estimate of drug-likeness (QED) is 0.787. The zero-order valence-corrected chi connectivity index (χ0v) is 13.4. The van der Waals surface area contributed by atoms with E-state index in [4.69, 9.17) is 0 Å². The lowest BCUT2D eigenvalue weighted by molar-refractivity contribution is 0.205. The number of imidazole rings is 1. The van der Waals surface area contributed by atoms with Crippen LogP contribution in [0.15, 0.2) is 67.0 Å². The summed E-state index contributed by atoms with van der Waals surface area (Å²) in [6.07, 6.45) is 2.90. The van der Waals surface area contributed by atoms with Crippen molar-refractivity contribution in [2.45, 2.75) is 12.6 Å². The highest BCUT2D eigenvalue weighted by atomic mass is 16.3. The maximum Gasteiger partial charge on any atom is 0.142 e. The van der Waals surface area contributed by atoms with Crippen molar-refractivity contribution < 1.29 is 5.11 Å². The summed E-state index contributed by atoms with van der Waals surface area (Å²) in [4.78, 5) is 6.38. The van der Waals surface area contributed by atoms with Crippen molar-refractivity contribution in [1.29, 1.82) is 0 Å². The molecule has 0 aliphatic rings. The number of hydrogen-bond acceptors (Lipinski definition) is 3. The molecule has 1 aromatic heterocycles. The number of nitrogens with zero attached hydrogens (tertiary/aromatic N) is 3. The first-order chi connectivity index (χ1) is 11.1. The molecule has 3 aromatic rings. The standard InChI is InChI=1S/C19H21N3O/c1-21(2)17-10-8-16(9-11-17)18(23)19-20-12-13-22(19)14-15-6-4-3-5-7-15/h3-13,18,23H,14H2,1-2H3. The zero-order chi connectivity index (χ0) is 16.2. The van der Waals surface area contributed by atoms with Crippen molar-refractivity contribution in [3.8, 4) is 0 Å². The van der Waals surface area contributed by atoms with Crippen LogP contribution in [0.25, 0.3) is 0 Å². The lowest BCUT2D eigenvalue weighted by atomic mass is 10.1. The minimum Gasteiger partial charge on any atom is -0.380 e. The molecule has 0 bridgehead atoms. The SMILES string of the molecule is CN(C)c1ccc(C(O)c2nccn2Cc2ccccc2)cc1. The first-order valence-corrected chi connectivity index (χ1v) is 7.65. The molecule has 1 unspecified atom stereocenters. The van der Waals surface area contributed by atoms with Crippen molar-refractivity contribution in [2.24, 2.45) is 0 Å². The molecule has 0 radical (unpaired) electrons. The van der Waals surface area contributed by atoms with Crippen molar-refractivity contribution >= 4 is 5.69 Å². The molecular weight excluding hydrogens is 286 g/mol. The van der Waals surface area contributed by atoms with Gasteiger partial charge in [0.25, 0.3) is 0 Å². The fourth-order valence-electron chi connectivity index (χ4n) is 2.59. The Bertz CT molecular complexity index is 748. The summed E-state index contributed by atoms with van der Waals surface area (Å²) in [5, 5.41) is 10.7. The Balaban J connectivity index is 1.83. The summed E-state index contributed by atoms with van der Waals surface area (Å²) in [6, 6.07) is 18.1. The summed E-state index contributed by atoms with van der Waals surface area (Å²) in [5.41, 5.74) is 3.13. The van der Waals surface area contributed by atoms with Crippen LogP contribution in [0.1, 0.15) is 23.1 Å². The smallest absolute Gasteiger partial charge is 0.142 e. The minimum absolute atomic E-state index is 0.659. The topological polar surface area (TPSA) is 41.3 Å². The Kier molecular flexibility index (Phi) is 4.44. The van der Waals surface area contributed by atoms with Crippen LogP contribution >= 0.6 is 0 Å². The largest absolute Gasteiger partial charge is 0.380 e. The van der Waals surface area contributed by atoms with Crippen LogP contribution in [-0.2, 0) is 6.54 Å². The normalized spacial score (nSPS) is 12.1. The highest BCUT2D eigenvalue weighted by Gasteiger charge is 2.16. The lowest BCUT2D eigenvalue weighted by Gasteiger charge is -2.16. The first kappa shape index (κ1) is 15.3. The molecule has 0 amide bonds. The van der Waals surface area contributed by atoms with E-state index < -0.39 is 6.10 Å². The number of anilines is 1. The van der Waals surface area contributed by atoms with Crippen LogP contribution in [0.4, 0.5) is 5.69 Å². The van der Waals surface area contributed by atoms with E-state index in [-0.39, 0.29) is 0 Å². The molecule has 0 saturated carbocycles. The molecule has 1 atom stereocenters. The molecule has 0 fully saturated rings. The minimum atomic E-state index is -0.732. The molecule has 2 aromatic carbocycles. The number of rotatable bonds is 5. The van der Waals surface area contributed by atoms with Crippen LogP contribution in [-0.4, -0.2) is 28.8 Å². The Morgan fingerprint density at radius 3 is 2.39 bits per heavy atom. The van der Waals surface area contributed by atoms with Crippen LogP contribution in [0.2, 0.25) is 0 Å². The molecular formula is C19H21N3O. The third-order valence-electron chi connectivity index (χ3n) is 3.91. The van der Waals surface area contributed by atoms with Crippen LogP contribution in [0, 0.1) is 0 Å². The highest BCUT2D eigenvalue weighted by Crippen LogP contribution is 2.23. The van der Waals surface area contributed by atoms with Gasteiger partial charge in [0.1, 0.15) is 11.9 Å². The number of aromatic nitrogens is 2. The van der Waals surface area contributed by atoms with Gasteiger partial charge in [0.15, 0.2) is 0 Å². The third kappa shape index (κ3) is 3.43. The van der Waals surface area contributed by atoms with E-state index in [9.17, 15) is 5.11 Å². The van der Waals surface area contributed by atoms with E-state index in [0.29, 0.717) is 12.4 Å². The van der Waals surface area contributed by atoms with Crippen molar-refractivity contribution in [3.63, 3.8) is 0 Å². The zero-order valence-electron chi connectivity index (χ0n) is 13.4. The Morgan fingerprint density at radius 2 is 1.74 bits per heavy atom. The van der Waals surface area contributed by atoms with E-state index in [1.807, 2.05) is 72.2 Å². The summed E-state index contributed by atoms with van der Waals surface area (Å²) in [6.45, 7) is 0.697. The molecule has 23 heavy (non-hydrogen) atoms. The predicted molar refractivity (Wildman–Crippen MR) is 92.6 cm³/mol. The molecule has 118 valence electrons. The van der Waals surface area contributed by atoms with Gasteiger partial charge in [-0.15, -0.1) is 0 Å². The van der Waals surface area contributed by atoms with E-state index in [2.05, 4.69) is 17.1 Å². The second kappa shape index (κ2) is 6.67. The Labute approximate surface area is 136 Å². The van der Waals surface area contributed by atoms with Gasteiger partial charge in [-0.1, -0.05) is 42.5 Å². The summed E-state index contributed by atoms with van der Waals surface area (Å²) < 4.78 is 1.99. The molecule has 4 nitrogen and oxygen atoms in total. The van der Waals surface area contributed by atoms with Gasteiger partial charge >= 0.3 is 0 Å². The van der Waals surface area contributed by atoms with Gasteiger partial charge in [-0.25, -0.2) is 4.98 Å². The second-order valence-corrected chi connectivity index (χ2v) is 5.79. The number of aliphatic hydroxyl groups is 1. The molecule has 1 heterocycles. The number of aliphatic hydroxyl groups excluding tert-OH is 1. The first-order valence-electron chi connectivity index (χ1n) is 7.65. The van der Waals surface area contributed by atoms with Crippen LogP contribution < -0.4 is 4.90 Å². The van der Waals surface area contributed by atoms with E-state index >= 15 is 0 Å². The number of benzene rings is 2. The van der Waals surface area contributed by atoms with Crippen LogP contribution in [0.5, 0.6) is 0 Å². The second-order valence-electron chi connectivity index (χ2n) is 5.79. The summed E-state index contributed by atoms with van der Waals surface area (Å²) in [5.74, 6) is 0.659. The van der Waals surface area contributed by atoms with Crippen molar-refractivity contribution in [3.05, 3.63) is 83.9 Å². The molecule has 0 aliphatic heterocycles. The molecule has 0 spiro atoms. The number of hydrogen-bond donors (Lipinski definition) is 1. The summed E-state index contributed by atoms with van der Waals surface area (Å²) >= 11 is 0. The van der Waals surface area contributed by atoms with Crippen molar-refractivity contribution in [2.75, 3.05) is 19.0 Å². The fraction of sp³-hybridized carbons (Fsp3) is 0.211. The average Bonchev–Trinajstić information content (AvgIpc) is 3.03. The third-order valence-corrected chi connectivity index (χ3v) is 3.91. The Hall–Kier alpha value is -2.59. The molecule has 4 heteroatoms. The van der Waals surface area contributed by atoms with Gasteiger partial charge in [-0.05, 0) is 23.3 Å². The van der Waals surface area contributed by atoms with Gasteiger partial charge < -0.3 is 14.6 Å². The average molecular weight is 307 g/mol. The van der Waals surface area contributed by atoms with Gasteiger partial charge in [0, 0.05) is 38.7 Å². The summed E-state index contributed by atoms with van der Waals surface area (Å²) in [7, 11) is 4.00. The van der Waals surface area contributed by atoms with Gasteiger partial charge in [0.05, 0.1) is 0 Å². The Morgan fingerprint density at radius 1 is 1.04 bits per heavy atom. The maximum atomic E-state index is 10.7. The highest BCUT2D eigenvalue weighted by molar-refractivity contribution is 5.46. The predicted octanol–water partition coefficient (Wildman–Crippen LogP) is 3.08. The molecule has 3 rings (SSSR count). The van der Waals surface area contributed by atoms with E-state index in [0.717, 1.165) is 11.3 Å². The van der Waals surface area contributed by atoms with Gasteiger partial charge in [-0.2, -0.15) is 0 Å². The molecule has 1 N–H and O–H groups in total. The molecule has 0 saturated heterocycles. The van der Waals surface area contributed by atoms with Crippen molar-refractivity contribution in [1.82, 2.24) is 9.55 Å².